The third kappa shape index (κ3) is 4.10. The second kappa shape index (κ2) is 7.58. The Morgan fingerprint density at radius 1 is 1.00 bits per heavy atom. The predicted molar refractivity (Wildman–Crippen MR) is 91.2 cm³/mol. The lowest BCUT2D eigenvalue weighted by atomic mass is 9.79. The van der Waals surface area contributed by atoms with Crippen LogP contribution in [-0.4, -0.2) is 7.11 Å². The van der Waals surface area contributed by atoms with Crippen LogP contribution in [0.5, 0.6) is 0 Å². The monoisotopic (exact) mass is 318 g/mol. The minimum atomic E-state index is -1.11. The second-order valence-corrected chi connectivity index (χ2v) is 6.31. The van der Waals surface area contributed by atoms with Crippen LogP contribution in [0, 0.1) is 5.92 Å². The summed E-state index contributed by atoms with van der Waals surface area (Å²) in [7, 11) is 1.25. The molecular formula is C20H24F2O. The molecule has 0 spiro atoms. The van der Waals surface area contributed by atoms with Crippen LogP contribution >= 0.6 is 0 Å². The lowest BCUT2D eigenvalue weighted by Crippen LogP contribution is -2.10. The summed E-state index contributed by atoms with van der Waals surface area (Å²) in [5.41, 5.74) is 1.83. The van der Waals surface area contributed by atoms with Gasteiger partial charge in [-0.25, -0.2) is 4.39 Å². The van der Waals surface area contributed by atoms with E-state index in [1.165, 1.54) is 38.4 Å². The van der Waals surface area contributed by atoms with E-state index < -0.39 is 11.7 Å². The van der Waals surface area contributed by atoms with Gasteiger partial charge < -0.3 is 4.74 Å². The number of hydrogen-bond acceptors (Lipinski definition) is 1. The summed E-state index contributed by atoms with van der Waals surface area (Å²) in [5.74, 6) is -1.10. The summed E-state index contributed by atoms with van der Waals surface area (Å²) in [5, 5.41) is 0. The average Bonchev–Trinajstić information content (AvgIpc) is 2.60. The number of methoxy groups -OCH3 is 1. The normalized spacial score (nSPS) is 22.3. The number of ether oxygens (including phenoxy) is 1. The Kier molecular flexibility index (Phi) is 5.75. The van der Waals surface area contributed by atoms with E-state index in [-0.39, 0.29) is 11.3 Å². The van der Waals surface area contributed by atoms with Crippen molar-refractivity contribution < 1.29 is 13.5 Å². The van der Waals surface area contributed by atoms with E-state index in [2.05, 4.69) is 24.8 Å². The summed E-state index contributed by atoms with van der Waals surface area (Å²) in [6, 6.07) is 7.60. The summed E-state index contributed by atoms with van der Waals surface area (Å²) >= 11 is 0. The van der Waals surface area contributed by atoms with Crippen molar-refractivity contribution in [1.82, 2.24) is 0 Å². The van der Waals surface area contributed by atoms with Crippen molar-refractivity contribution in [3.05, 3.63) is 66.0 Å². The quantitative estimate of drug-likeness (QED) is 0.457. The van der Waals surface area contributed by atoms with Crippen molar-refractivity contribution in [2.75, 3.05) is 7.11 Å². The number of rotatable bonds is 5. The van der Waals surface area contributed by atoms with Crippen LogP contribution in [0.4, 0.5) is 8.78 Å². The molecule has 1 aliphatic carbocycles. The first-order valence-corrected chi connectivity index (χ1v) is 8.02. The van der Waals surface area contributed by atoms with Crippen LogP contribution in [0.1, 0.15) is 49.7 Å². The topological polar surface area (TPSA) is 9.23 Å². The smallest absolute Gasteiger partial charge is 0.200 e. The molecule has 0 heterocycles. The van der Waals surface area contributed by atoms with E-state index >= 15 is 0 Å². The van der Waals surface area contributed by atoms with Crippen molar-refractivity contribution in [2.45, 2.75) is 38.5 Å². The molecule has 2 rings (SSSR count). The molecular weight excluding hydrogens is 294 g/mol. The molecule has 0 unspecified atom stereocenters. The summed E-state index contributed by atoms with van der Waals surface area (Å²) in [4.78, 5) is 0. The minimum absolute atomic E-state index is 0.00418. The molecule has 1 aromatic carbocycles. The van der Waals surface area contributed by atoms with E-state index in [0.717, 1.165) is 5.92 Å². The predicted octanol–water partition coefficient (Wildman–Crippen LogP) is 6.30. The Balaban J connectivity index is 2.13. The van der Waals surface area contributed by atoms with Gasteiger partial charge in [0.15, 0.2) is 5.83 Å². The molecule has 0 aliphatic heterocycles. The van der Waals surface area contributed by atoms with Crippen LogP contribution < -0.4 is 0 Å². The number of allylic oxidation sites excluding steroid dienone is 3. The molecule has 0 N–H and O–H groups in total. The van der Waals surface area contributed by atoms with Crippen LogP contribution in [-0.2, 0) is 4.74 Å². The van der Waals surface area contributed by atoms with Gasteiger partial charge in [-0.1, -0.05) is 57.2 Å². The first-order chi connectivity index (χ1) is 10.9. The van der Waals surface area contributed by atoms with Crippen molar-refractivity contribution in [3.63, 3.8) is 0 Å². The lowest BCUT2D eigenvalue weighted by molar-refractivity contribution is 0.281. The molecule has 1 fully saturated rings. The third-order valence-corrected chi connectivity index (χ3v) is 4.70. The molecule has 124 valence electrons. The van der Waals surface area contributed by atoms with E-state index in [9.17, 15) is 8.78 Å². The highest BCUT2D eigenvalue weighted by Gasteiger charge is 2.20. The van der Waals surface area contributed by atoms with Gasteiger partial charge in [-0.15, -0.1) is 0 Å². The van der Waals surface area contributed by atoms with Crippen molar-refractivity contribution in [2.24, 2.45) is 5.92 Å². The molecule has 1 nitrogen and oxygen atoms in total. The molecule has 1 aliphatic rings. The molecule has 0 radical (unpaired) electrons. The highest BCUT2D eigenvalue weighted by Crippen LogP contribution is 2.36. The van der Waals surface area contributed by atoms with E-state index in [1.807, 2.05) is 12.1 Å². The fourth-order valence-corrected chi connectivity index (χ4v) is 3.02. The fraction of sp³-hybridized carbons (Fsp3) is 0.400. The zero-order valence-electron chi connectivity index (χ0n) is 13.9. The summed E-state index contributed by atoms with van der Waals surface area (Å²) < 4.78 is 32.4. The first kappa shape index (κ1) is 17.5. The Morgan fingerprint density at radius 3 is 2.09 bits per heavy atom. The molecule has 3 heteroatoms. The van der Waals surface area contributed by atoms with Crippen LogP contribution in [0.15, 0.2) is 54.8 Å². The summed E-state index contributed by atoms with van der Waals surface area (Å²) in [6.45, 7) is 9.25. The Labute approximate surface area is 137 Å². The van der Waals surface area contributed by atoms with Crippen LogP contribution in [0.3, 0.4) is 0 Å². The van der Waals surface area contributed by atoms with Crippen molar-refractivity contribution >= 4 is 5.57 Å². The van der Waals surface area contributed by atoms with Gasteiger partial charge in [0.2, 0.25) is 5.83 Å². The van der Waals surface area contributed by atoms with E-state index in [1.54, 1.807) is 12.1 Å². The van der Waals surface area contributed by atoms with Crippen LogP contribution in [0.2, 0.25) is 0 Å². The number of hydrogen-bond donors (Lipinski definition) is 0. The zero-order chi connectivity index (χ0) is 17.0. The summed E-state index contributed by atoms with van der Waals surface area (Å²) in [6.07, 6.45) is 4.89. The van der Waals surface area contributed by atoms with Gasteiger partial charge in [-0.05, 0) is 35.8 Å². The zero-order valence-corrected chi connectivity index (χ0v) is 13.9. The van der Waals surface area contributed by atoms with Crippen LogP contribution in [0.25, 0.3) is 5.57 Å². The first-order valence-electron chi connectivity index (χ1n) is 8.02. The standard InChI is InChI=1S/C20H24F2O/c1-13-5-7-17(8-6-13)18-11-9-16(10-12-18)14(2)19(21)20(22)15(3)23-4/h9-13,17H,2-3,5-8H2,1,4H3/b20-19-. The molecule has 1 aromatic rings. The van der Waals surface area contributed by atoms with Gasteiger partial charge in [0.25, 0.3) is 0 Å². The maximum atomic E-state index is 14.1. The average molecular weight is 318 g/mol. The largest absolute Gasteiger partial charge is 0.494 e. The van der Waals surface area contributed by atoms with E-state index in [4.69, 9.17) is 0 Å². The molecule has 0 amide bonds. The Morgan fingerprint density at radius 2 is 1.57 bits per heavy atom. The highest BCUT2D eigenvalue weighted by molar-refractivity contribution is 5.76. The number of halogens is 2. The number of benzene rings is 1. The van der Waals surface area contributed by atoms with Gasteiger partial charge in [-0.3, -0.25) is 0 Å². The minimum Gasteiger partial charge on any atom is -0.494 e. The third-order valence-electron chi connectivity index (χ3n) is 4.70. The second-order valence-electron chi connectivity index (χ2n) is 6.31. The maximum absolute atomic E-state index is 14.1. The fourth-order valence-electron chi connectivity index (χ4n) is 3.02. The van der Waals surface area contributed by atoms with Gasteiger partial charge in [0.05, 0.1) is 7.11 Å². The molecule has 0 saturated heterocycles. The van der Waals surface area contributed by atoms with Crippen molar-refractivity contribution in [3.8, 4) is 0 Å². The van der Waals surface area contributed by atoms with E-state index in [0.29, 0.717) is 11.5 Å². The van der Waals surface area contributed by atoms with Gasteiger partial charge >= 0.3 is 0 Å². The lowest BCUT2D eigenvalue weighted by Gasteiger charge is -2.26. The Hall–Kier alpha value is -1.90. The highest BCUT2D eigenvalue weighted by atomic mass is 19.2. The van der Waals surface area contributed by atoms with Gasteiger partial charge in [0, 0.05) is 5.57 Å². The molecule has 23 heavy (non-hydrogen) atoms. The maximum Gasteiger partial charge on any atom is 0.200 e. The molecule has 0 aromatic heterocycles. The SMILES string of the molecule is C=C(OC)/C(F)=C(/F)C(=C)c1ccc(C2CCC(C)CC2)cc1. The van der Waals surface area contributed by atoms with Gasteiger partial charge in [0.1, 0.15) is 5.76 Å². The molecule has 0 atom stereocenters. The van der Waals surface area contributed by atoms with Gasteiger partial charge in [-0.2, -0.15) is 4.39 Å². The Bertz CT molecular complexity index is 605. The van der Waals surface area contributed by atoms with Crippen molar-refractivity contribution in [1.29, 1.82) is 0 Å². The molecule has 0 bridgehead atoms. The molecule has 1 saturated carbocycles.